The molecule has 1 amide bonds. The smallest absolute Gasteiger partial charge is 0.253 e. The molecule has 0 spiro atoms. The van der Waals surface area contributed by atoms with Crippen LogP contribution < -0.4 is 4.74 Å². The zero-order chi connectivity index (χ0) is 18.6. The Morgan fingerprint density at radius 2 is 1.85 bits per heavy atom. The number of amides is 1. The van der Waals surface area contributed by atoms with Crippen molar-refractivity contribution in [3.05, 3.63) is 64.0 Å². The fourth-order valence-electron chi connectivity index (χ4n) is 3.02. The minimum atomic E-state index is 0.0376. The maximum Gasteiger partial charge on any atom is 0.253 e. The van der Waals surface area contributed by atoms with Gasteiger partial charge in [0.1, 0.15) is 6.10 Å². The number of piperidine rings is 1. The molecule has 0 bridgehead atoms. The van der Waals surface area contributed by atoms with E-state index in [-0.39, 0.29) is 12.0 Å². The highest BCUT2D eigenvalue weighted by Crippen LogP contribution is 2.19. The van der Waals surface area contributed by atoms with E-state index in [1.165, 1.54) is 0 Å². The monoisotopic (exact) mass is 475 g/mol. The normalized spacial score (nSPS) is 14.9. The third-order valence-corrected chi connectivity index (χ3v) is 5.19. The Kier molecular flexibility index (Phi) is 5.33. The number of ether oxygens (including phenoxy) is 1. The van der Waals surface area contributed by atoms with Crippen molar-refractivity contribution in [1.29, 1.82) is 0 Å². The Balaban J connectivity index is 1.31. The minimum Gasteiger partial charge on any atom is -0.473 e. The maximum absolute atomic E-state index is 12.6. The van der Waals surface area contributed by atoms with Crippen molar-refractivity contribution in [2.24, 2.45) is 0 Å². The molecule has 1 aliphatic rings. The van der Waals surface area contributed by atoms with E-state index in [2.05, 4.69) is 37.9 Å². The number of rotatable bonds is 4. The molecule has 7 nitrogen and oxygen atoms in total. The lowest BCUT2D eigenvalue weighted by atomic mass is 10.1. The first kappa shape index (κ1) is 17.9. The summed E-state index contributed by atoms with van der Waals surface area (Å²) in [5, 5.41) is 12.4. The van der Waals surface area contributed by atoms with Crippen molar-refractivity contribution in [2.45, 2.75) is 18.9 Å². The first-order valence-electron chi connectivity index (χ1n) is 8.74. The summed E-state index contributed by atoms with van der Waals surface area (Å²) in [7, 11) is 0. The number of likely N-dealkylation sites (tertiary alicyclic amines) is 1. The second kappa shape index (κ2) is 8.03. The molecular formula is C19H18IN5O2. The van der Waals surface area contributed by atoms with Gasteiger partial charge in [0.25, 0.3) is 5.91 Å². The molecule has 0 aliphatic carbocycles. The lowest BCUT2D eigenvalue weighted by Crippen LogP contribution is -2.41. The van der Waals surface area contributed by atoms with Crippen LogP contribution in [0.15, 0.2) is 54.9 Å². The fourth-order valence-corrected chi connectivity index (χ4v) is 3.38. The highest BCUT2D eigenvalue weighted by Gasteiger charge is 2.25. The topological polar surface area (TPSA) is 73.1 Å². The van der Waals surface area contributed by atoms with Crippen LogP contribution in [0.5, 0.6) is 5.88 Å². The van der Waals surface area contributed by atoms with Gasteiger partial charge in [-0.15, -0.1) is 10.2 Å². The molecule has 0 radical (unpaired) electrons. The van der Waals surface area contributed by atoms with Crippen LogP contribution >= 0.6 is 22.6 Å². The Morgan fingerprint density at radius 3 is 2.48 bits per heavy atom. The summed E-state index contributed by atoms with van der Waals surface area (Å²) in [5.74, 6) is 1.21. The molecule has 138 valence electrons. The van der Waals surface area contributed by atoms with Crippen LogP contribution in [0.4, 0.5) is 0 Å². The predicted octanol–water partition coefficient (Wildman–Crippen LogP) is 2.95. The first-order chi connectivity index (χ1) is 13.2. The number of benzene rings is 1. The molecule has 0 atom stereocenters. The number of carbonyl (C=O) groups excluding carboxylic acids is 1. The molecule has 2 aromatic heterocycles. The van der Waals surface area contributed by atoms with Crippen LogP contribution in [0.2, 0.25) is 0 Å². The molecule has 3 heterocycles. The Labute approximate surface area is 170 Å². The van der Waals surface area contributed by atoms with E-state index >= 15 is 0 Å². The standard InChI is InChI=1S/C19H18IN5O2/c20-15-4-2-14(3-5-15)19(26)24-12-8-16(9-13-24)27-18-7-6-17(22-23-18)25-11-1-10-21-25/h1-7,10-11,16H,8-9,12-13H2. The van der Waals surface area contributed by atoms with Crippen LogP contribution in [-0.4, -0.2) is 50.0 Å². The van der Waals surface area contributed by atoms with Gasteiger partial charge in [-0.2, -0.15) is 5.10 Å². The van der Waals surface area contributed by atoms with Gasteiger partial charge in [-0.3, -0.25) is 4.79 Å². The van der Waals surface area contributed by atoms with Crippen molar-refractivity contribution in [3.8, 4) is 11.7 Å². The lowest BCUT2D eigenvalue weighted by Gasteiger charge is -2.32. The van der Waals surface area contributed by atoms with Gasteiger partial charge in [-0.25, -0.2) is 4.68 Å². The molecule has 1 saturated heterocycles. The zero-order valence-electron chi connectivity index (χ0n) is 14.5. The van der Waals surface area contributed by atoms with Gasteiger partial charge in [-0.1, -0.05) is 0 Å². The van der Waals surface area contributed by atoms with Gasteiger partial charge in [0.05, 0.1) is 0 Å². The molecule has 0 unspecified atom stereocenters. The first-order valence-corrected chi connectivity index (χ1v) is 9.82. The third-order valence-electron chi connectivity index (χ3n) is 4.47. The molecule has 27 heavy (non-hydrogen) atoms. The molecule has 3 aromatic rings. The van der Waals surface area contributed by atoms with Crippen LogP contribution in [0.3, 0.4) is 0 Å². The van der Waals surface area contributed by atoms with E-state index in [1.54, 1.807) is 16.9 Å². The lowest BCUT2D eigenvalue weighted by molar-refractivity contribution is 0.0586. The molecule has 0 N–H and O–H groups in total. The van der Waals surface area contributed by atoms with Gasteiger partial charge in [0.15, 0.2) is 5.82 Å². The number of hydrogen-bond acceptors (Lipinski definition) is 5. The predicted molar refractivity (Wildman–Crippen MR) is 108 cm³/mol. The summed E-state index contributed by atoms with van der Waals surface area (Å²) < 4.78 is 8.70. The van der Waals surface area contributed by atoms with E-state index in [0.29, 0.717) is 24.8 Å². The summed E-state index contributed by atoms with van der Waals surface area (Å²) in [5.41, 5.74) is 0.731. The molecule has 8 heteroatoms. The van der Waals surface area contributed by atoms with Crippen LogP contribution in [0, 0.1) is 3.57 Å². The number of nitrogens with zero attached hydrogens (tertiary/aromatic N) is 5. The summed E-state index contributed by atoms with van der Waals surface area (Å²) in [6.07, 6.45) is 5.09. The largest absolute Gasteiger partial charge is 0.473 e. The van der Waals surface area contributed by atoms with Crippen molar-refractivity contribution < 1.29 is 9.53 Å². The number of aromatic nitrogens is 4. The highest BCUT2D eigenvalue weighted by molar-refractivity contribution is 14.1. The third kappa shape index (κ3) is 4.26. The summed E-state index contributed by atoms with van der Waals surface area (Å²) in [6, 6.07) is 13.1. The molecule has 1 aliphatic heterocycles. The Bertz CT molecular complexity index is 889. The quantitative estimate of drug-likeness (QED) is 0.543. The van der Waals surface area contributed by atoms with Gasteiger partial charge >= 0.3 is 0 Å². The minimum absolute atomic E-state index is 0.0376. The van der Waals surface area contributed by atoms with Gasteiger partial charge in [0, 0.05) is 53.5 Å². The SMILES string of the molecule is O=C(c1ccc(I)cc1)N1CCC(Oc2ccc(-n3cccn3)nn2)CC1. The van der Waals surface area contributed by atoms with Crippen molar-refractivity contribution >= 4 is 28.5 Å². The molecular weight excluding hydrogens is 457 g/mol. The average Bonchev–Trinajstić information content (AvgIpc) is 3.24. The summed E-state index contributed by atoms with van der Waals surface area (Å²) in [4.78, 5) is 14.5. The second-order valence-electron chi connectivity index (χ2n) is 6.30. The molecule has 1 fully saturated rings. The molecule has 4 rings (SSSR count). The second-order valence-corrected chi connectivity index (χ2v) is 7.54. The van der Waals surface area contributed by atoms with Gasteiger partial charge in [0.2, 0.25) is 5.88 Å². The van der Waals surface area contributed by atoms with Crippen LogP contribution in [0.25, 0.3) is 5.82 Å². The number of hydrogen-bond donors (Lipinski definition) is 0. The van der Waals surface area contributed by atoms with E-state index in [9.17, 15) is 4.79 Å². The van der Waals surface area contributed by atoms with Crippen molar-refractivity contribution in [3.63, 3.8) is 0 Å². The molecule has 1 aromatic carbocycles. The van der Waals surface area contributed by atoms with E-state index in [4.69, 9.17) is 4.74 Å². The zero-order valence-corrected chi connectivity index (χ0v) is 16.7. The Hall–Kier alpha value is -2.49. The highest BCUT2D eigenvalue weighted by atomic mass is 127. The summed E-state index contributed by atoms with van der Waals surface area (Å²) >= 11 is 2.24. The molecule has 0 saturated carbocycles. The summed E-state index contributed by atoms with van der Waals surface area (Å²) in [6.45, 7) is 1.35. The van der Waals surface area contributed by atoms with E-state index in [1.807, 2.05) is 47.5 Å². The average molecular weight is 475 g/mol. The maximum atomic E-state index is 12.6. The van der Waals surface area contributed by atoms with Gasteiger partial charge < -0.3 is 9.64 Å². The Morgan fingerprint density at radius 1 is 1.07 bits per heavy atom. The van der Waals surface area contributed by atoms with Crippen LogP contribution in [-0.2, 0) is 0 Å². The van der Waals surface area contributed by atoms with Crippen molar-refractivity contribution in [2.75, 3.05) is 13.1 Å². The van der Waals surface area contributed by atoms with E-state index in [0.717, 1.165) is 22.0 Å². The van der Waals surface area contributed by atoms with E-state index < -0.39 is 0 Å². The van der Waals surface area contributed by atoms with Crippen molar-refractivity contribution in [1.82, 2.24) is 24.9 Å². The fraction of sp³-hybridized carbons (Fsp3) is 0.263. The van der Waals surface area contributed by atoms with Gasteiger partial charge in [-0.05, 0) is 59.0 Å². The van der Waals surface area contributed by atoms with Crippen LogP contribution in [0.1, 0.15) is 23.2 Å². The number of halogens is 1. The number of carbonyl (C=O) groups is 1.